The third-order valence-corrected chi connectivity index (χ3v) is 5.74. The molecule has 2 aromatic carbocycles. The quantitative estimate of drug-likeness (QED) is 0.716. The fourth-order valence-electron chi connectivity index (χ4n) is 2.75. The largest absolute Gasteiger partial charge is 0.465 e. The van der Waals surface area contributed by atoms with Crippen molar-refractivity contribution in [2.75, 3.05) is 22.8 Å². The molecule has 0 aliphatic rings. The molecule has 0 aliphatic carbocycles. The van der Waals surface area contributed by atoms with Gasteiger partial charge >= 0.3 is 5.97 Å². The molecule has 0 spiro atoms. The van der Waals surface area contributed by atoms with Crippen LogP contribution in [0.1, 0.15) is 25.0 Å². The maximum absolute atomic E-state index is 13.3. The Kier molecular flexibility index (Phi) is 6.80. The normalized spacial score (nSPS) is 11.0. The third-order valence-electron chi connectivity index (χ3n) is 3.96. The fraction of sp³-hybridized carbons (Fsp3) is 0.300. The van der Waals surface area contributed by atoms with E-state index in [9.17, 15) is 18.0 Å². The minimum Gasteiger partial charge on any atom is -0.465 e. The summed E-state index contributed by atoms with van der Waals surface area (Å²) in [5.41, 5.74) is 2.59. The fourth-order valence-corrected chi connectivity index (χ4v) is 4.22. The lowest BCUT2D eigenvalue weighted by Crippen LogP contribution is -2.37. The zero-order valence-electron chi connectivity index (χ0n) is 16.4. The molecule has 0 aliphatic heterocycles. The summed E-state index contributed by atoms with van der Waals surface area (Å²) in [5, 5.41) is 2.59. The Morgan fingerprint density at radius 3 is 2.25 bits per heavy atom. The number of nitrogens with zero attached hydrogens (tertiary/aromatic N) is 1. The van der Waals surface area contributed by atoms with Gasteiger partial charge in [-0.25, -0.2) is 8.42 Å². The van der Waals surface area contributed by atoms with Crippen molar-refractivity contribution in [1.29, 1.82) is 0 Å². The smallest absolute Gasteiger partial charge is 0.326 e. The zero-order chi connectivity index (χ0) is 20.9. The average Bonchev–Trinajstić information content (AvgIpc) is 2.60. The Balaban J connectivity index is 2.48. The van der Waals surface area contributed by atoms with Gasteiger partial charge in [-0.2, -0.15) is 0 Å². The number of hydrogen-bond acceptors (Lipinski definition) is 5. The van der Waals surface area contributed by atoms with Crippen LogP contribution in [-0.4, -0.2) is 33.4 Å². The van der Waals surface area contributed by atoms with E-state index in [-0.39, 0.29) is 17.4 Å². The molecule has 150 valence electrons. The number of rotatable bonds is 7. The number of carbonyl (C=O) groups excluding carboxylic acids is 2. The molecule has 0 saturated carbocycles. The molecule has 0 saturated heterocycles. The van der Waals surface area contributed by atoms with Crippen molar-refractivity contribution in [3.63, 3.8) is 0 Å². The lowest BCUT2D eigenvalue weighted by atomic mass is 10.1. The van der Waals surface area contributed by atoms with Gasteiger partial charge in [0, 0.05) is 12.6 Å². The van der Waals surface area contributed by atoms with Gasteiger partial charge in [0.25, 0.3) is 10.0 Å². The zero-order valence-corrected chi connectivity index (χ0v) is 17.2. The van der Waals surface area contributed by atoms with E-state index >= 15 is 0 Å². The summed E-state index contributed by atoms with van der Waals surface area (Å²) in [4.78, 5) is 23.2. The van der Waals surface area contributed by atoms with Crippen molar-refractivity contribution >= 4 is 33.3 Å². The number of anilines is 2. The Labute approximate surface area is 165 Å². The first-order valence-corrected chi connectivity index (χ1v) is 10.2. The van der Waals surface area contributed by atoms with Crippen LogP contribution in [0.2, 0.25) is 0 Å². The number of carbonyl (C=O) groups is 2. The highest BCUT2D eigenvalue weighted by Crippen LogP contribution is 2.28. The van der Waals surface area contributed by atoms with Crippen LogP contribution in [0.5, 0.6) is 0 Å². The van der Waals surface area contributed by atoms with Gasteiger partial charge in [-0.05, 0) is 56.7 Å². The van der Waals surface area contributed by atoms with Crippen LogP contribution in [0.4, 0.5) is 11.4 Å². The molecule has 2 aromatic rings. The molecular formula is C20H24N2O5S. The van der Waals surface area contributed by atoms with Gasteiger partial charge in [0.1, 0.15) is 6.54 Å². The van der Waals surface area contributed by atoms with Gasteiger partial charge in [-0.1, -0.05) is 17.7 Å². The molecule has 0 bridgehead atoms. The molecule has 1 N–H and O–H groups in total. The predicted octanol–water partition coefficient (Wildman–Crippen LogP) is 3.02. The number of amides is 1. The molecule has 28 heavy (non-hydrogen) atoms. The van der Waals surface area contributed by atoms with Crippen molar-refractivity contribution in [3.8, 4) is 0 Å². The highest BCUT2D eigenvalue weighted by Gasteiger charge is 2.28. The Bertz CT molecular complexity index is 969. The maximum atomic E-state index is 13.3. The lowest BCUT2D eigenvalue weighted by molar-refractivity contribution is -0.141. The van der Waals surface area contributed by atoms with E-state index < -0.39 is 22.5 Å². The van der Waals surface area contributed by atoms with Crippen molar-refractivity contribution in [2.24, 2.45) is 0 Å². The van der Waals surface area contributed by atoms with E-state index in [2.05, 4.69) is 5.32 Å². The van der Waals surface area contributed by atoms with Gasteiger partial charge < -0.3 is 10.1 Å². The second-order valence-corrected chi connectivity index (χ2v) is 8.17. The number of hydrogen-bond donors (Lipinski definition) is 1. The third kappa shape index (κ3) is 5.10. The van der Waals surface area contributed by atoms with Gasteiger partial charge in [-0.15, -0.1) is 0 Å². The number of nitrogens with one attached hydrogen (secondary N) is 1. The predicted molar refractivity (Wildman–Crippen MR) is 108 cm³/mol. The van der Waals surface area contributed by atoms with E-state index in [1.54, 1.807) is 26.0 Å². The first kappa shape index (κ1) is 21.4. The minimum atomic E-state index is -4.03. The first-order chi connectivity index (χ1) is 13.1. The molecule has 0 heterocycles. The molecular weight excluding hydrogens is 380 g/mol. The number of sulfonamides is 1. The van der Waals surface area contributed by atoms with Crippen molar-refractivity contribution in [3.05, 3.63) is 53.6 Å². The maximum Gasteiger partial charge on any atom is 0.326 e. The standard InChI is InChI=1S/C20H24N2O5S/c1-5-27-20(24)13-22(19-11-6-14(2)12-15(19)3)28(25,26)18-9-7-17(8-10-18)21-16(4)23/h6-12H,5,13H2,1-4H3,(H,21,23). The Morgan fingerprint density at radius 1 is 1.07 bits per heavy atom. The SMILES string of the molecule is CCOC(=O)CN(c1ccc(C)cc1C)S(=O)(=O)c1ccc(NC(C)=O)cc1. The summed E-state index contributed by atoms with van der Waals surface area (Å²) in [6.45, 7) is 6.44. The average molecular weight is 404 g/mol. The highest BCUT2D eigenvalue weighted by atomic mass is 32.2. The van der Waals surface area contributed by atoms with Crippen molar-refractivity contribution < 1.29 is 22.7 Å². The van der Waals surface area contributed by atoms with Gasteiger partial charge in [-0.3, -0.25) is 13.9 Å². The minimum absolute atomic E-state index is 0.00544. The van der Waals surface area contributed by atoms with Crippen LogP contribution in [0.25, 0.3) is 0 Å². The lowest BCUT2D eigenvalue weighted by Gasteiger charge is -2.25. The summed E-state index contributed by atoms with van der Waals surface area (Å²) < 4.78 is 32.6. The van der Waals surface area contributed by atoms with Gasteiger partial charge in [0.2, 0.25) is 5.91 Å². The monoisotopic (exact) mass is 404 g/mol. The molecule has 1 amide bonds. The van der Waals surface area contributed by atoms with Crippen molar-refractivity contribution in [2.45, 2.75) is 32.6 Å². The number of esters is 1. The molecule has 8 heteroatoms. The second kappa shape index (κ2) is 8.88. The summed E-state index contributed by atoms with van der Waals surface area (Å²) in [5.74, 6) is -0.893. The van der Waals surface area contributed by atoms with Crippen LogP contribution >= 0.6 is 0 Å². The van der Waals surface area contributed by atoms with E-state index in [0.29, 0.717) is 11.4 Å². The van der Waals surface area contributed by atoms with E-state index in [1.807, 2.05) is 13.0 Å². The van der Waals surface area contributed by atoms with E-state index in [1.165, 1.54) is 31.2 Å². The molecule has 0 atom stereocenters. The topological polar surface area (TPSA) is 92.8 Å². The van der Waals surface area contributed by atoms with Crippen LogP contribution in [0.3, 0.4) is 0 Å². The number of ether oxygens (including phenoxy) is 1. The summed E-state index contributed by atoms with van der Waals surface area (Å²) in [6.07, 6.45) is 0. The Morgan fingerprint density at radius 2 is 1.71 bits per heavy atom. The number of benzene rings is 2. The summed E-state index contributed by atoms with van der Waals surface area (Å²) in [7, 11) is -4.03. The second-order valence-electron chi connectivity index (χ2n) is 6.31. The summed E-state index contributed by atoms with van der Waals surface area (Å²) >= 11 is 0. The first-order valence-electron chi connectivity index (χ1n) is 8.78. The van der Waals surface area contributed by atoms with Crippen LogP contribution in [0, 0.1) is 13.8 Å². The highest BCUT2D eigenvalue weighted by molar-refractivity contribution is 7.92. The summed E-state index contributed by atoms with van der Waals surface area (Å²) in [6, 6.07) is 11.1. The molecule has 0 aromatic heterocycles. The molecule has 0 radical (unpaired) electrons. The molecule has 2 rings (SSSR count). The Hall–Kier alpha value is -2.87. The van der Waals surface area contributed by atoms with E-state index in [4.69, 9.17) is 4.74 Å². The van der Waals surface area contributed by atoms with Gasteiger partial charge in [0.05, 0.1) is 17.2 Å². The number of aryl methyl sites for hydroxylation is 2. The van der Waals surface area contributed by atoms with Gasteiger partial charge in [0.15, 0.2) is 0 Å². The van der Waals surface area contributed by atoms with E-state index in [0.717, 1.165) is 15.4 Å². The van der Waals surface area contributed by atoms with Crippen LogP contribution in [-0.2, 0) is 24.3 Å². The van der Waals surface area contributed by atoms with Crippen LogP contribution < -0.4 is 9.62 Å². The molecule has 0 fully saturated rings. The molecule has 0 unspecified atom stereocenters. The van der Waals surface area contributed by atoms with Crippen molar-refractivity contribution in [1.82, 2.24) is 0 Å². The van der Waals surface area contributed by atoms with Crippen LogP contribution in [0.15, 0.2) is 47.4 Å². The molecule has 7 nitrogen and oxygen atoms in total.